The smallest absolute Gasteiger partial charge is 0.123 e. The van der Waals surface area contributed by atoms with Crippen molar-refractivity contribution in [3.63, 3.8) is 0 Å². The molecule has 0 aromatic heterocycles. The summed E-state index contributed by atoms with van der Waals surface area (Å²) in [7, 11) is 1.69. The van der Waals surface area contributed by atoms with Gasteiger partial charge in [-0.1, -0.05) is 13.8 Å². The first-order chi connectivity index (χ1) is 9.92. The van der Waals surface area contributed by atoms with Gasteiger partial charge in [-0.3, -0.25) is 10.3 Å². The number of hydrogen-bond donors (Lipinski definition) is 2. The first kappa shape index (κ1) is 15.8. The highest BCUT2D eigenvalue weighted by atomic mass is 16.5. The van der Waals surface area contributed by atoms with Crippen molar-refractivity contribution >= 4 is 5.84 Å². The van der Waals surface area contributed by atoms with Gasteiger partial charge in [-0.15, -0.1) is 0 Å². The first-order valence-electron chi connectivity index (χ1n) is 7.67. The largest absolute Gasteiger partial charge is 0.496 e. The Hall–Kier alpha value is -1.55. The average molecular weight is 289 g/mol. The van der Waals surface area contributed by atoms with Gasteiger partial charge in [0.15, 0.2) is 0 Å². The summed E-state index contributed by atoms with van der Waals surface area (Å²) in [6, 6.07) is 6.30. The normalized spacial score (nSPS) is 26.6. The summed E-state index contributed by atoms with van der Waals surface area (Å²) in [4.78, 5) is 2.51. The molecule has 0 aliphatic carbocycles. The van der Waals surface area contributed by atoms with Crippen molar-refractivity contribution in [2.75, 3.05) is 13.7 Å². The molecule has 1 aliphatic rings. The molecular formula is C17H27N3O. The highest BCUT2D eigenvalue weighted by Crippen LogP contribution is 2.30. The van der Waals surface area contributed by atoms with Crippen molar-refractivity contribution < 1.29 is 4.74 Å². The van der Waals surface area contributed by atoms with Crippen LogP contribution in [0.15, 0.2) is 18.2 Å². The second-order valence-electron chi connectivity index (χ2n) is 6.43. The van der Waals surface area contributed by atoms with Crippen LogP contribution < -0.4 is 10.5 Å². The second kappa shape index (κ2) is 6.48. The fourth-order valence-corrected chi connectivity index (χ4v) is 3.33. The summed E-state index contributed by atoms with van der Waals surface area (Å²) in [6.45, 7) is 8.91. The van der Waals surface area contributed by atoms with Crippen LogP contribution in [-0.2, 0) is 6.54 Å². The van der Waals surface area contributed by atoms with E-state index in [1.54, 1.807) is 7.11 Å². The van der Waals surface area contributed by atoms with E-state index in [4.69, 9.17) is 15.9 Å². The third-order valence-electron chi connectivity index (χ3n) is 4.68. The number of nitrogens with zero attached hydrogens (tertiary/aromatic N) is 1. The maximum Gasteiger partial charge on any atom is 0.123 e. The molecule has 1 fully saturated rings. The molecule has 3 unspecified atom stereocenters. The van der Waals surface area contributed by atoms with Gasteiger partial charge in [-0.2, -0.15) is 0 Å². The Balaban J connectivity index is 2.24. The summed E-state index contributed by atoms with van der Waals surface area (Å²) in [5.74, 6) is 2.40. The minimum atomic E-state index is 0.104. The second-order valence-corrected chi connectivity index (χ2v) is 6.43. The van der Waals surface area contributed by atoms with E-state index in [9.17, 15) is 0 Å². The van der Waals surface area contributed by atoms with Crippen LogP contribution in [0.1, 0.15) is 38.3 Å². The summed E-state index contributed by atoms with van der Waals surface area (Å²) < 4.78 is 5.47. The molecule has 116 valence electrons. The van der Waals surface area contributed by atoms with E-state index in [-0.39, 0.29) is 5.84 Å². The van der Waals surface area contributed by atoms with Gasteiger partial charge in [0.25, 0.3) is 0 Å². The average Bonchev–Trinajstić information content (AvgIpc) is 2.44. The lowest BCUT2D eigenvalue weighted by Gasteiger charge is -2.41. The van der Waals surface area contributed by atoms with Gasteiger partial charge >= 0.3 is 0 Å². The summed E-state index contributed by atoms with van der Waals surface area (Å²) in [6.07, 6.45) is 1.29. The van der Waals surface area contributed by atoms with Crippen LogP contribution in [-0.4, -0.2) is 30.4 Å². The number of likely N-dealkylation sites (tertiary alicyclic amines) is 1. The zero-order chi connectivity index (χ0) is 15.6. The van der Waals surface area contributed by atoms with Crippen LogP contribution in [0.4, 0.5) is 0 Å². The standard InChI is InChI=1S/C17H27N3O/c1-11-7-12(2)13(3)20(9-11)10-15-8-14(17(18)19)5-6-16(15)21-4/h5-6,8,11-13H,7,9-10H2,1-4H3,(H3,18,19). The van der Waals surface area contributed by atoms with Crippen molar-refractivity contribution in [2.24, 2.45) is 17.6 Å². The number of amidine groups is 1. The number of methoxy groups -OCH3 is 1. The number of piperidine rings is 1. The van der Waals surface area contributed by atoms with Crippen LogP contribution >= 0.6 is 0 Å². The van der Waals surface area contributed by atoms with Gasteiger partial charge in [0.2, 0.25) is 0 Å². The molecule has 1 aromatic rings. The minimum absolute atomic E-state index is 0.104. The lowest BCUT2D eigenvalue weighted by atomic mass is 9.85. The van der Waals surface area contributed by atoms with Crippen LogP contribution in [0.5, 0.6) is 5.75 Å². The SMILES string of the molecule is COc1ccc(C(=N)N)cc1CN1CC(C)CC(C)C1C. The monoisotopic (exact) mass is 289 g/mol. The molecule has 0 saturated carbocycles. The van der Waals surface area contributed by atoms with Crippen LogP contribution in [0, 0.1) is 17.2 Å². The molecule has 4 heteroatoms. The van der Waals surface area contributed by atoms with E-state index in [1.807, 2.05) is 18.2 Å². The maximum atomic E-state index is 7.61. The molecule has 1 aliphatic heterocycles. The van der Waals surface area contributed by atoms with Crippen LogP contribution in [0.25, 0.3) is 0 Å². The van der Waals surface area contributed by atoms with E-state index in [2.05, 4.69) is 25.7 Å². The molecule has 0 bridgehead atoms. The topological polar surface area (TPSA) is 62.3 Å². The van der Waals surface area contributed by atoms with Gasteiger partial charge < -0.3 is 10.5 Å². The summed E-state index contributed by atoms with van der Waals surface area (Å²) in [5, 5.41) is 7.61. The van der Waals surface area contributed by atoms with Crippen molar-refractivity contribution in [3.8, 4) is 5.75 Å². The number of nitrogens with one attached hydrogen (secondary N) is 1. The number of hydrogen-bond acceptors (Lipinski definition) is 3. The highest BCUT2D eigenvalue weighted by Gasteiger charge is 2.29. The van der Waals surface area contributed by atoms with Crippen LogP contribution in [0.3, 0.4) is 0 Å². The molecule has 0 amide bonds. The Morgan fingerprint density at radius 3 is 2.71 bits per heavy atom. The predicted molar refractivity (Wildman–Crippen MR) is 86.8 cm³/mol. The van der Waals surface area contributed by atoms with E-state index >= 15 is 0 Å². The van der Waals surface area contributed by atoms with Gasteiger partial charge in [0, 0.05) is 30.3 Å². The first-order valence-corrected chi connectivity index (χ1v) is 7.67. The van der Waals surface area contributed by atoms with Gasteiger partial charge in [-0.05, 0) is 43.4 Å². The van der Waals surface area contributed by atoms with E-state index in [0.717, 1.165) is 35.9 Å². The van der Waals surface area contributed by atoms with Gasteiger partial charge in [0.1, 0.15) is 11.6 Å². The molecule has 0 spiro atoms. The Labute approximate surface area is 127 Å². The highest BCUT2D eigenvalue weighted by molar-refractivity contribution is 5.95. The van der Waals surface area contributed by atoms with Crippen molar-refractivity contribution in [3.05, 3.63) is 29.3 Å². The zero-order valence-electron chi connectivity index (χ0n) is 13.5. The molecule has 2 rings (SSSR count). The van der Waals surface area contributed by atoms with E-state index < -0.39 is 0 Å². The zero-order valence-corrected chi connectivity index (χ0v) is 13.5. The Bertz CT molecular complexity index is 515. The van der Waals surface area contributed by atoms with Crippen molar-refractivity contribution in [2.45, 2.75) is 39.8 Å². The summed E-state index contributed by atoms with van der Waals surface area (Å²) in [5.41, 5.74) is 7.48. The third kappa shape index (κ3) is 3.56. The number of benzene rings is 1. The number of rotatable bonds is 4. The predicted octanol–water partition coefficient (Wildman–Crippen LogP) is 2.85. The van der Waals surface area contributed by atoms with Crippen LogP contribution in [0.2, 0.25) is 0 Å². The van der Waals surface area contributed by atoms with Crippen molar-refractivity contribution in [1.82, 2.24) is 4.90 Å². The Morgan fingerprint density at radius 1 is 1.38 bits per heavy atom. The number of ether oxygens (including phenoxy) is 1. The molecule has 21 heavy (non-hydrogen) atoms. The van der Waals surface area contributed by atoms with Crippen molar-refractivity contribution in [1.29, 1.82) is 5.41 Å². The molecule has 3 atom stereocenters. The number of nitrogens with two attached hydrogens (primary N) is 1. The Morgan fingerprint density at radius 2 is 2.10 bits per heavy atom. The Kier molecular flexibility index (Phi) is 4.88. The van der Waals surface area contributed by atoms with Gasteiger partial charge in [-0.25, -0.2) is 0 Å². The third-order valence-corrected chi connectivity index (χ3v) is 4.68. The fraction of sp³-hybridized carbons (Fsp3) is 0.588. The minimum Gasteiger partial charge on any atom is -0.496 e. The fourth-order valence-electron chi connectivity index (χ4n) is 3.33. The lowest BCUT2D eigenvalue weighted by Crippen LogP contribution is -2.45. The molecule has 3 N–H and O–H groups in total. The summed E-state index contributed by atoms with van der Waals surface area (Å²) >= 11 is 0. The molecule has 1 heterocycles. The van der Waals surface area contributed by atoms with Gasteiger partial charge in [0.05, 0.1) is 7.11 Å². The molecular weight excluding hydrogens is 262 g/mol. The lowest BCUT2D eigenvalue weighted by molar-refractivity contribution is 0.0722. The molecule has 0 radical (unpaired) electrons. The molecule has 1 aromatic carbocycles. The maximum absolute atomic E-state index is 7.61. The van der Waals surface area contributed by atoms with E-state index in [0.29, 0.717) is 12.0 Å². The van der Waals surface area contributed by atoms with E-state index in [1.165, 1.54) is 6.42 Å². The number of nitrogen functional groups attached to an aromatic ring is 1. The quantitative estimate of drug-likeness (QED) is 0.662. The molecule has 4 nitrogen and oxygen atoms in total. The molecule has 1 saturated heterocycles.